The van der Waals surface area contributed by atoms with Crippen LogP contribution in [0.4, 0.5) is 0 Å². The Labute approximate surface area is 138 Å². The molecule has 0 fully saturated rings. The lowest BCUT2D eigenvalue weighted by molar-refractivity contribution is 0.415. The molecule has 0 atom stereocenters. The number of para-hydroxylation sites is 1. The summed E-state index contributed by atoms with van der Waals surface area (Å²) in [5, 5.41) is 2.25. The van der Waals surface area contributed by atoms with E-state index in [4.69, 9.17) is 9.72 Å². The highest BCUT2D eigenvalue weighted by molar-refractivity contribution is 7.18. The highest BCUT2D eigenvalue weighted by Crippen LogP contribution is 2.36. The van der Waals surface area contributed by atoms with E-state index in [0.29, 0.717) is 0 Å². The lowest BCUT2D eigenvalue weighted by atomic mass is 10.2. The first-order valence-corrected chi connectivity index (χ1v) is 8.26. The molecule has 2 aromatic heterocycles. The van der Waals surface area contributed by atoms with Crippen molar-refractivity contribution in [3.63, 3.8) is 0 Å². The number of hydrogen-bond acceptors (Lipinski definition) is 3. The van der Waals surface area contributed by atoms with Crippen LogP contribution in [0, 0.1) is 6.92 Å². The quantitative estimate of drug-likeness (QED) is 0.558. The van der Waals surface area contributed by atoms with E-state index in [0.717, 1.165) is 33.2 Å². The van der Waals surface area contributed by atoms with Crippen LogP contribution in [0.3, 0.4) is 0 Å². The summed E-state index contributed by atoms with van der Waals surface area (Å²) in [5.74, 6) is 0.859. The van der Waals surface area contributed by atoms with Gasteiger partial charge in [0.15, 0.2) is 0 Å². The summed E-state index contributed by atoms with van der Waals surface area (Å²) in [7, 11) is 1.68. The molecule has 4 aromatic rings. The Balaban J connectivity index is 1.76. The molecule has 23 heavy (non-hydrogen) atoms. The smallest absolute Gasteiger partial charge is 0.124 e. The standard InChI is InChI=1S/C19H16N2OS/c1-12-18(17-11-14-5-3-4-6-16(14)21-17)23-19(20-12)13-7-9-15(22-2)10-8-13/h3-11,21H,1-2H3. The molecular weight excluding hydrogens is 304 g/mol. The predicted octanol–water partition coefficient (Wildman–Crippen LogP) is 5.28. The molecule has 0 unspecified atom stereocenters. The van der Waals surface area contributed by atoms with Gasteiger partial charge in [0.25, 0.3) is 0 Å². The molecular formula is C19H16N2OS. The Morgan fingerprint density at radius 3 is 2.57 bits per heavy atom. The Morgan fingerprint density at radius 1 is 1.04 bits per heavy atom. The van der Waals surface area contributed by atoms with Crippen LogP contribution in [-0.2, 0) is 0 Å². The number of methoxy groups -OCH3 is 1. The molecule has 0 saturated heterocycles. The molecule has 1 N–H and O–H groups in total. The monoisotopic (exact) mass is 320 g/mol. The number of benzene rings is 2. The van der Waals surface area contributed by atoms with Crippen LogP contribution in [0.1, 0.15) is 5.69 Å². The lowest BCUT2D eigenvalue weighted by Gasteiger charge is -1.99. The maximum absolute atomic E-state index is 5.21. The van der Waals surface area contributed by atoms with Gasteiger partial charge in [-0.15, -0.1) is 11.3 Å². The van der Waals surface area contributed by atoms with E-state index < -0.39 is 0 Å². The second kappa shape index (κ2) is 5.56. The summed E-state index contributed by atoms with van der Waals surface area (Å²) < 4.78 is 5.21. The second-order valence-corrected chi connectivity index (χ2v) is 6.43. The molecule has 0 amide bonds. The molecule has 4 heteroatoms. The minimum atomic E-state index is 0.859. The van der Waals surface area contributed by atoms with E-state index in [2.05, 4.69) is 36.2 Å². The van der Waals surface area contributed by atoms with Gasteiger partial charge >= 0.3 is 0 Å². The molecule has 3 nitrogen and oxygen atoms in total. The Bertz CT molecular complexity index is 934. The van der Waals surface area contributed by atoms with E-state index in [-0.39, 0.29) is 0 Å². The topological polar surface area (TPSA) is 37.9 Å². The van der Waals surface area contributed by atoms with Crippen molar-refractivity contribution in [2.24, 2.45) is 0 Å². The fraction of sp³-hybridized carbons (Fsp3) is 0.105. The molecule has 0 aliphatic heterocycles. The zero-order chi connectivity index (χ0) is 15.8. The van der Waals surface area contributed by atoms with Crippen molar-refractivity contribution in [1.29, 1.82) is 0 Å². The van der Waals surface area contributed by atoms with Crippen LogP contribution in [0.2, 0.25) is 0 Å². The number of thiazole rings is 1. The summed E-state index contributed by atoms with van der Waals surface area (Å²) >= 11 is 1.71. The van der Waals surface area contributed by atoms with Gasteiger partial charge in [-0.1, -0.05) is 18.2 Å². The third kappa shape index (κ3) is 2.51. The summed E-state index contributed by atoms with van der Waals surface area (Å²) in [6.45, 7) is 2.06. The van der Waals surface area contributed by atoms with Crippen molar-refractivity contribution >= 4 is 22.2 Å². The van der Waals surface area contributed by atoms with Gasteiger partial charge in [-0.05, 0) is 43.3 Å². The van der Waals surface area contributed by atoms with Gasteiger partial charge in [-0.25, -0.2) is 4.98 Å². The van der Waals surface area contributed by atoms with Crippen LogP contribution in [0.15, 0.2) is 54.6 Å². The molecule has 4 rings (SSSR count). The average molecular weight is 320 g/mol. The van der Waals surface area contributed by atoms with Gasteiger partial charge in [-0.2, -0.15) is 0 Å². The van der Waals surface area contributed by atoms with Crippen molar-refractivity contribution in [3.05, 3.63) is 60.3 Å². The fourth-order valence-electron chi connectivity index (χ4n) is 2.70. The Kier molecular flexibility index (Phi) is 3.39. The molecule has 2 heterocycles. The highest BCUT2D eigenvalue weighted by atomic mass is 32.1. The Hall–Kier alpha value is -2.59. The summed E-state index contributed by atoms with van der Waals surface area (Å²) in [6, 6.07) is 18.5. The third-order valence-electron chi connectivity index (χ3n) is 3.91. The van der Waals surface area contributed by atoms with Gasteiger partial charge in [0, 0.05) is 16.5 Å². The van der Waals surface area contributed by atoms with E-state index in [9.17, 15) is 0 Å². The summed E-state index contributed by atoms with van der Waals surface area (Å²) in [6.07, 6.45) is 0. The number of fused-ring (bicyclic) bond motifs is 1. The van der Waals surface area contributed by atoms with Gasteiger partial charge in [0.2, 0.25) is 0 Å². The maximum Gasteiger partial charge on any atom is 0.124 e. The predicted molar refractivity (Wildman–Crippen MR) is 96.1 cm³/mol. The van der Waals surface area contributed by atoms with Gasteiger partial charge < -0.3 is 9.72 Å². The number of nitrogens with zero attached hydrogens (tertiary/aromatic N) is 1. The van der Waals surface area contributed by atoms with E-state index in [1.165, 1.54) is 10.3 Å². The number of nitrogens with one attached hydrogen (secondary N) is 1. The lowest BCUT2D eigenvalue weighted by Crippen LogP contribution is -1.82. The van der Waals surface area contributed by atoms with Crippen LogP contribution in [0.25, 0.3) is 32.0 Å². The van der Waals surface area contributed by atoms with Crippen molar-refractivity contribution < 1.29 is 4.74 Å². The Morgan fingerprint density at radius 2 is 1.83 bits per heavy atom. The number of aromatic amines is 1. The number of rotatable bonds is 3. The first-order chi connectivity index (χ1) is 11.2. The molecule has 0 aliphatic carbocycles. The molecule has 0 bridgehead atoms. The first kappa shape index (κ1) is 14.0. The molecule has 0 radical (unpaired) electrons. The molecule has 114 valence electrons. The number of H-pyrrole nitrogens is 1. The fourth-order valence-corrected chi connectivity index (χ4v) is 3.74. The molecule has 0 spiro atoms. The highest BCUT2D eigenvalue weighted by Gasteiger charge is 2.13. The number of hydrogen-bond donors (Lipinski definition) is 1. The van der Waals surface area contributed by atoms with Crippen molar-refractivity contribution in [2.45, 2.75) is 6.92 Å². The third-order valence-corrected chi connectivity index (χ3v) is 5.15. The van der Waals surface area contributed by atoms with E-state index in [1.807, 2.05) is 30.3 Å². The van der Waals surface area contributed by atoms with E-state index >= 15 is 0 Å². The van der Waals surface area contributed by atoms with Gasteiger partial charge in [-0.3, -0.25) is 0 Å². The van der Waals surface area contributed by atoms with Crippen molar-refractivity contribution in [1.82, 2.24) is 9.97 Å². The molecule has 0 aliphatic rings. The van der Waals surface area contributed by atoms with Gasteiger partial charge in [0.05, 0.1) is 23.4 Å². The zero-order valence-electron chi connectivity index (χ0n) is 13.0. The van der Waals surface area contributed by atoms with Gasteiger partial charge in [0.1, 0.15) is 10.8 Å². The zero-order valence-corrected chi connectivity index (χ0v) is 13.8. The summed E-state index contributed by atoms with van der Waals surface area (Å²) in [5.41, 5.74) is 4.44. The number of aryl methyl sites for hydroxylation is 1. The number of ether oxygens (including phenoxy) is 1. The van der Waals surface area contributed by atoms with E-state index in [1.54, 1.807) is 18.4 Å². The largest absolute Gasteiger partial charge is 0.497 e. The van der Waals surface area contributed by atoms with Crippen LogP contribution >= 0.6 is 11.3 Å². The van der Waals surface area contributed by atoms with Crippen LogP contribution in [0.5, 0.6) is 5.75 Å². The normalized spacial score (nSPS) is 11.0. The maximum atomic E-state index is 5.21. The minimum Gasteiger partial charge on any atom is -0.497 e. The SMILES string of the molecule is COc1ccc(-c2nc(C)c(-c3cc4ccccc4[nH]3)s2)cc1. The van der Waals surface area contributed by atoms with Crippen molar-refractivity contribution in [3.8, 4) is 26.9 Å². The average Bonchev–Trinajstić information content (AvgIpc) is 3.18. The van der Waals surface area contributed by atoms with Crippen LogP contribution < -0.4 is 4.74 Å². The number of aromatic nitrogens is 2. The first-order valence-electron chi connectivity index (χ1n) is 7.44. The molecule has 2 aromatic carbocycles. The summed E-state index contributed by atoms with van der Waals surface area (Å²) in [4.78, 5) is 9.41. The molecule has 0 saturated carbocycles. The van der Waals surface area contributed by atoms with Crippen LogP contribution in [-0.4, -0.2) is 17.1 Å². The van der Waals surface area contributed by atoms with Crippen molar-refractivity contribution in [2.75, 3.05) is 7.11 Å². The second-order valence-electron chi connectivity index (χ2n) is 5.43. The minimum absolute atomic E-state index is 0.859.